The zero-order valence-corrected chi connectivity index (χ0v) is 9.82. The van der Waals surface area contributed by atoms with E-state index >= 15 is 0 Å². The van der Waals surface area contributed by atoms with Crippen LogP contribution in [0.1, 0.15) is 5.56 Å². The number of aliphatic hydroxyl groups is 1. The molecule has 0 aliphatic carbocycles. The van der Waals surface area contributed by atoms with Crippen LogP contribution in [0.4, 0.5) is 0 Å². The summed E-state index contributed by atoms with van der Waals surface area (Å²) in [6.07, 6.45) is 1.78. The molecule has 2 N–H and O–H groups in total. The molecule has 1 aromatic carbocycles. The lowest BCUT2D eigenvalue weighted by Gasteiger charge is -2.20. The van der Waals surface area contributed by atoms with E-state index in [1.807, 2.05) is 30.3 Å². The number of aliphatic hydroxyl groups excluding tert-OH is 1. The van der Waals surface area contributed by atoms with Gasteiger partial charge in [0.25, 0.3) is 0 Å². The van der Waals surface area contributed by atoms with Crippen molar-refractivity contribution in [2.45, 2.75) is 6.54 Å². The van der Waals surface area contributed by atoms with Crippen molar-refractivity contribution in [2.75, 3.05) is 13.2 Å². The molecule has 0 aliphatic heterocycles. The molecule has 0 aliphatic rings. The molecule has 0 bridgehead atoms. The molecule has 0 radical (unpaired) electrons. The van der Waals surface area contributed by atoms with E-state index in [4.69, 9.17) is 10.2 Å². The highest BCUT2D eigenvalue weighted by atomic mass is 16.4. The number of carbonyl (C=O) groups is 2. The van der Waals surface area contributed by atoms with Gasteiger partial charge in [-0.2, -0.15) is 0 Å². The second kappa shape index (κ2) is 7.24. The van der Waals surface area contributed by atoms with Gasteiger partial charge in [0.05, 0.1) is 6.61 Å². The Balaban J connectivity index is 2.70. The van der Waals surface area contributed by atoms with E-state index in [1.54, 1.807) is 0 Å². The Morgan fingerprint density at radius 2 is 1.83 bits per heavy atom. The van der Waals surface area contributed by atoms with Crippen molar-refractivity contribution >= 4 is 11.9 Å². The van der Waals surface area contributed by atoms with Crippen molar-refractivity contribution in [2.24, 2.45) is 0 Å². The molecule has 0 atom stereocenters. The van der Waals surface area contributed by atoms with Crippen LogP contribution in [0.25, 0.3) is 0 Å². The molecule has 18 heavy (non-hydrogen) atoms. The Bertz CT molecular complexity index is 428. The number of hydrogen-bond donors (Lipinski definition) is 2. The van der Waals surface area contributed by atoms with Gasteiger partial charge in [0.2, 0.25) is 5.91 Å². The van der Waals surface area contributed by atoms with Crippen LogP contribution >= 0.6 is 0 Å². The maximum Gasteiger partial charge on any atom is 0.328 e. The van der Waals surface area contributed by atoms with E-state index in [0.29, 0.717) is 6.54 Å². The molecule has 1 amide bonds. The Morgan fingerprint density at radius 3 is 2.39 bits per heavy atom. The number of carbonyl (C=O) groups excluding carboxylic acids is 1. The predicted octanol–water partition coefficient (Wildman–Crippen LogP) is 0.648. The largest absolute Gasteiger partial charge is 0.478 e. The molecule has 0 fully saturated rings. The molecule has 0 unspecified atom stereocenters. The van der Waals surface area contributed by atoms with Gasteiger partial charge in [-0.1, -0.05) is 30.3 Å². The summed E-state index contributed by atoms with van der Waals surface area (Å²) >= 11 is 0. The highest BCUT2D eigenvalue weighted by Crippen LogP contribution is 2.05. The van der Waals surface area contributed by atoms with E-state index in [9.17, 15) is 9.59 Å². The Labute approximate surface area is 105 Å². The molecule has 0 spiro atoms. The van der Waals surface area contributed by atoms with Crippen molar-refractivity contribution < 1.29 is 19.8 Å². The Kier molecular flexibility index (Phi) is 5.60. The zero-order valence-electron chi connectivity index (χ0n) is 9.82. The standard InChI is InChI=1S/C13H15NO4/c15-9-8-14(12(16)6-7-13(17)18)10-11-4-2-1-3-5-11/h1-7,15H,8-10H2,(H,17,18)/b7-6+. The van der Waals surface area contributed by atoms with E-state index in [1.165, 1.54) is 4.90 Å². The normalized spacial score (nSPS) is 10.5. The molecular formula is C13H15NO4. The molecule has 0 saturated carbocycles. The minimum atomic E-state index is -1.17. The van der Waals surface area contributed by atoms with Gasteiger partial charge in [0.1, 0.15) is 0 Å². The molecule has 0 heterocycles. The smallest absolute Gasteiger partial charge is 0.328 e. The third-order valence-electron chi connectivity index (χ3n) is 2.27. The van der Waals surface area contributed by atoms with Gasteiger partial charge in [-0.15, -0.1) is 0 Å². The summed E-state index contributed by atoms with van der Waals surface area (Å²) in [5, 5.41) is 17.4. The van der Waals surface area contributed by atoms with Crippen LogP contribution < -0.4 is 0 Å². The lowest BCUT2D eigenvalue weighted by atomic mass is 10.2. The second-order valence-electron chi connectivity index (χ2n) is 3.64. The molecule has 5 nitrogen and oxygen atoms in total. The molecule has 0 aromatic heterocycles. The van der Waals surface area contributed by atoms with Gasteiger partial charge < -0.3 is 15.1 Å². The first-order valence-electron chi connectivity index (χ1n) is 5.48. The van der Waals surface area contributed by atoms with Crippen LogP contribution in [0, 0.1) is 0 Å². The first kappa shape index (κ1) is 13.9. The van der Waals surface area contributed by atoms with Crippen LogP contribution in [0.2, 0.25) is 0 Å². The van der Waals surface area contributed by atoms with Crippen molar-refractivity contribution in [3.63, 3.8) is 0 Å². The predicted molar refractivity (Wildman–Crippen MR) is 65.7 cm³/mol. The lowest BCUT2D eigenvalue weighted by Crippen LogP contribution is -2.31. The highest BCUT2D eigenvalue weighted by molar-refractivity contribution is 5.93. The lowest BCUT2D eigenvalue weighted by molar-refractivity contribution is -0.132. The number of carboxylic acid groups (broad SMARTS) is 1. The van der Waals surface area contributed by atoms with E-state index < -0.39 is 11.9 Å². The summed E-state index contributed by atoms with van der Waals surface area (Å²) < 4.78 is 0. The van der Waals surface area contributed by atoms with Gasteiger partial charge in [-0.3, -0.25) is 4.79 Å². The summed E-state index contributed by atoms with van der Waals surface area (Å²) in [6.45, 7) is 0.335. The van der Waals surface area contributed by atoms with E-state index in [2.05, 4.69) is 0 Å². The summed E-state index contributed by atoms with van der Waals surface area (Å²) in [7, 11) is 0. The number of amides is 1. The maximum atomic E-state index is 11.7. The molecule has 5 heteroatoms. The van der Waals surface area contributed by atoms with Gasteiger partial charge in [0.15, 0.2) is 0 Å². The van der Waals surface area contributed by atoms with E-state index in [0.717, 1.165) is 17.7 Å². The number of hydrogen-bond acceptors (Lipinski definition) is 3. The highest BCUT2D eigenvalue weighted by Gasteiger charge is 2.10. The average molecular weight is 249 g/mol. The topological polar surface area (TPSA) is 77.8 Å². The summed E-state index contributed by atoms with van der Waals surface area (Å²) in [5.41, 5.74) is 0.919. The fourth-order valence-electron chi connectivity index (χ4n) is 1.44. The first-order chi connectivity index (χ1) is 8.63. The van der Waals surface area contributed by atoms with Crippen molar-refractivity contribution in [3.8, 4) is 0 Å². The monoisotopic (exact) mass is 249 g/mol. The minimum absolute atomic E-state index is 0.164. The number of aliphatic carboxylic acids is 1. The Morgan fingerprint density at radius 1 is 1.17 bits per heavy atom. The number of nitrogens with zero attached hydrogens (tertiary/aromatic N) is 1. The zero-order chi connectivity index (χ0) is 13.4. The van der Waals surface area contributed by atoms with Gasteiger partial charge in [-0.05, 0) is 5.56 Å². The third-order valence-corrected chi connectivity index (χ3v) is 2.27. The van der Waals surface area contributed by atoms with Crippen molar-refractivity contribution in [1.82, 2.24) is 4.90 Å². The average Bonchev–Trinajstić information content (AvgIpc) is 2.36. The van der Waals surface area contributed by atoms with Crippen LogP contribution in [-0.2, 0) is 16.1 Å². The molecule has 0 saturated heterocycles. The second-order valence-corrected chi connectivity index (χ2v) is 3.64. The molecule has 1 rings (SSSR count). The van der Waals surface area contributed by atoms with Gasteiger partial charge in [-0.25, -0.2) is 4.79 Å². The summed E-state index contributed by atoms with van der Waals surface area (Å²) in [6, 6.07) is 9.29. The third kappa shape index (κ3) is 4.80. The molecule has 1 aromatic rings. The first-order valence-corrected chi connectivity index (χ1v) is 5.48. The van der Waals surface area contributed by atoms with Crippen molar-refractivity contribution in [1.29, 1.82) is 0 Å². The van der Waals surface area contributed by atoms with Crippen LogP contribution in [0.3, 0.4) is 0 Å². The fraction of sp³-hybridized carbons (Fsp3) is 0.231. The summed E-state index contributed by atoms with van der Waals surface area (Å²) in [5.74, 6) is -1.61. The van der Waals surface area contributed by atoms with E-state index in [-0.39, 0.29) is 13.2 Å². The van der Waals surface area contributed by atoms with Crippen LogP contribution in [0.5, 0.6) is 0 Å². The number of rotatable bonds is 6. The summed E-state index contributed by atoms with van der Waals surface area (Å²) in [4.78, 5) is 23.4. The number of carboxylic acids is 1. The van der Waals surface area contributed by atoms with Gasteiger partial charge in [0, 0.05) is 25.2 Å². The number of benzene rings is 1. The van der Waals surface area contributed by atoms with Crippen LogP contribution in [0.15, 0.2) is 42.5 Å². The molecular weight excluding hydrogens is 234 g/mol. The Hall–Kier alpha value is -2.14. The van der Waals surface area contributed by atoms with Crippen molar-refractivity contribution in [3.05, 3.63) is 48.0 Å². The quantitative estimate of drug-likeness (QED) is 0.725. The fourth-order valence-corrected chi connectivity index (χ4v) is 1.44. The minimum Gasteiger partial charge on any atom is -0.478 e. The maximum absolute atomic E-state index is 11.7. The van der Waals surface area contributed by atoms with Gasteiger partial charge >= 0.3 is 5.97 Å². The molecule has 96 valence electrons. The SMILES string of the molecule is O=C(O)/C=C/C(=O)N(CCO)Cc1ccccc1. The van der Waals surface area contributed by atoms with Crippen LogP contribution in [-0.4, -0.2) is 40.1 Å².